The molecule has 4 rings (SSSR count). The fourth-order valence-electron chi connectivity index (χ4n) is 3.59. The maximum Gasteiger partial charge on any atom is 0.417 e. The number of ether oxygens (including phenoxy) is 1. The van der Waals surface area contributed by atoms with E-state index in [4.69, 9.17) is 10.5 Å². The molecule has 3 aromatic carbocycles. The number of rotatable bonds is 4. The number of hydrogen-bond acceptors (Lipinski definition) is 6. The molecule has 1 aliphatic rings. The molecule has 1 unspecified atom stereocenters. The molecule has 0 spiro atoms. The van der Waals surface area contributed by atoms with E-state index in [0.717, 1.165) is 11.1 Å². The summed E-state index contributed by atoms with van der Waals surface area (Å²) in [5, 5.41) is 5.83. The predicted molar refractivity (Wildman–Crippen MR) is 136 cm³/mol. The largest absolute Gasteiger partial charge is 0.417 e. The van der Waals surface area contributed by atoms with Gasteiger partial charge in [-0.05, 0) is 55.3 Å². The van der Waals surface area contributed by atoms with Gasteiger partial charge in [0.1, 0.15) is 5.75 Å². The normalized spacial score (nSPS) is 15.6. The van der Waals surface area contributed by atoms with Crippen LogP contribution in [0.3, 0.4) is 0 Å². The van der Waals surface area contributed by atoms with Crippen LogP contribution < -0.4 is 21.1 Å². The van der Waals surface area contributed by atoms with Crippen LogP contribution in [0.4, 0.5) is 21.9 Å². The van der Waals surface area contributed by atoms with Gasteiger partial charge < -0.3 is 15.8 Å². The molecule has 0 fully saturated rings. The van der Waals surface area contributed by atoms with Gasteiger partial charge in [-0.15, -0.1) is 0 Å². The molecule has 0 saturated carbocycles. The molecule has 1 atom stereocenters. The highest BCUT2D eigenvalue weighted by atomic mass is 16.6. The zero-order chi connectivity index (χ0) is 24.1. The van der Waals surface area contributed by atoms with E-state index < -0.39 is 6.09 Å². The Morgan fingerprint density at radius 2 is 1.76 bits per heavy atom. The maximum atomic E-state index is 13.0. The molecule has 172 valence electrons. The number of ketones is 1. The summed E-state index contributed by atoms with van der Waals surface area (Å²) >= 11 is 0. The van der Waals surface area contributed by atoms with Gasteiger partial charge in [-0.3, -0.25) is 10.1 Å². The number of carbonyl (C=O) groups is 2. The van der Waals surface area contributed by atoms with Crippen molar-refractivity contribution in [3.8, 4) is 5.75 Å². The highest BCUT2D eigenvalue weighted by Crippen LogP contribution is 2.28. The van der Waals surface area contributed by atoms with Gasteiger partial charge in [0.15, 0.2) is 5.84 Å². The highest BCUT2D eigenvalue weighted by Gasteiger charge is 2.23. The van der Waals surface area contributed by atoms with E-state index in [0.29, 0.717) is 34.9 Å². The van der Waals surface area contributed by atoms with Crippen molar-refractivity contribution in [3.05, 3.63) is 90.0 Å². The Morgan fingerprint density at radius 1 is 1.03 bits per heavy atom. The van der Waals surface area contributed by atoms with E-state index in [2.05, 4.69) is 15.6 Å². The molecule has 0 aliphatic carbocycles. The number of carbonyl (C=O) groups excluding carboxylic acids is 2. The summed E-state index contributed by atoms with van der Waals surface area (Å²) in [6.07, 6.45) is 1.93. The van der Waals surface area contributed by atoms with Crippen molar-refractivity contribution < 1.29 is 14.3 Å². The van der Waals surface area contributed by atoms with Crippen molar-refractivity contribution in [3.63, 3.8) is 0 Å². The third-order valence-electron chi connectivity index (χ3n) is 5.56. The predicted octanol–water partition coefficient (Wildman–Crippen LogP) is 5.65. The molecular weight excluding hydrogens is 428 g/mol. The summed E-state index contributed by atoms with van der Waals surface area (Å²) in [7, 11) is 0. The molecule has 3 aromatic rings. The number of nitrogens with two attached hydrogens (primary N) is 1. The van der Waals surface area contributed by atoms with Gasteiger partial charge in [0.05, 0.1) is 5.70 Å². The van der Waals surface area contributed by atoms with E-state index in [1.165, 1.54) is 0 Å². The number of nitrogen functional groups attached to an aromatic ring is 1. The highest BCUT2D eigenvalue weighted by molar-refractivity contribution is 6.44. The van der Waals surface area contributed by atoms with Crippen molar-refractivity contribution in [2.75, 3.05) is 16.4 Å². The Bertz CT molecular complexity index is 1280. The lowest BCUT2D eigenvalue weighted by molar-refractivity contribution is -0.115. The van der Waals surface area contributed by atoms with Gasteiger partial charge >= 0.3 is 6.09 Å². The number of amides is 1. The SMILES string of the molecule is Cc1c(N)cccc1C1=CCC(C)C(=O)C(Nc2cccc(NC(=O)Oc3ccccc3)c2)=N1. The Hall–Kier alpha value is -4.39. The van der Waals surface area contributed by atoms with Gasteiger partial charge in [-0.2, -0.15) is 0 Å². The van der Waals surface area contributed by atoms with Crippen LogP contribution in [-0.4, -0.2) is 17.7 Å². The summed E-state index contributed by atoms with van der Waals surface area (Å²) in [5.74, 6) is 0.363. The van der Waals surface area contributed by atoms with Gasteiger partial charge in [0, 0.05) is 28.5 Å². The van der Waals surface area contributed by atoms with Gasteiger partial charge in [0.25, 0.3) is 0 Å². The monoisotopic (exact) mass is 454 g/mol. The minimum Gasteiger partial charge on any atom is -0.410 e. The van der Waals surface area contributed by atoms with Crippen LogP contribution in [0.15, 0.2) is 83.9 Å². The second kappa shape index (κ2) is 10.0. The van der Waals surface area contributed by atoms with Crippen molar-refractivity contribution in [2.45, 2.75) is 20.3 Å². The second-order valence-corrected chi connectivity index (χ2v) is 8.10. The average Bonchev–Trinajstić information content (AvgIpc) is 2.95. The molecule has 34 heavy (non-hydrogen) atoms. The lowest BCUT2D eigenvalue weighted by Gasteiger charge is -2.13. The van der Waals surface area contributed by atoms with Crippen LogP contribution >= 0.6 is 0 Å². The Kier molecular flexibility index (Phi) is 6.73. The first-order valence-electron chi connectivity index (χ1n) is 11.0. The third-order valence-corrected chi connectivity index (χ3v) is 5.56. The van der Waals surface area contributed by atoms with Crippen LogP contribution in [-0.2, 0) is 4.79 Å². The van der Waals surface area contributed by atoms with Crippen LogP contribution in [0, 0.1) is 12.8 Å². The van der Waals surface area contributed by atoms with Gasteiger partial charge in [0.2, 0.25) is 5.78 Å². The minimum absolute atomic E-state index is 0.0883. The van der Waals surface area contributed by atoms with Crippen molar-refractivity contribution in [1.29, 1.82) is 0 Å². The van der Waals surface area contributed by atoms with Crippen molar-refractivity contribution in [2.24, 2.45) is 10.9 Å². The van der Waals surface area contributed by atoms with Crippen molar-refractivity contribution in [1.82, 2.24) is 0 Å². The molecule has 7 nitrogen and oxygen atoms in total. The molecule has 1 aliphatic heterocycles. The lowest BCUT2D eigenvalue weighted by atomic mass is 10.00. The number of benzene rings is 3. The number of nitrogens with zero attached hydrogens (tertiary/aromatic N) is 1. The number of nitrogens with one attached hydrogen (secondary N) is 2. The lowest BCUT2D eigenvalue weighted by Crippen LogP contribution is -2.27. The average molecular weight is 455 g/mol. The molecule has 0 aromatic heterocycles. The Balaban J connectivity index is 1.55. The number of anilines is 3. The zero-order valence-electron chi connectivity index (χ0n) is 19.0. The minimum atomic E-state index is -0.609. The Labute approximate surface area is 198 Å². The fourth-order valence-corrected chi connectivity index (χ4v) is 3.59. The van der Waals surface area contributed by atoms with Gasteiger partial charge in [-0.25, -0.2) is 9.79 Å². The molecule has 4 N–H and O–H groups in total. The van der Waals surface area contributed by atoms with E-state index in [9.17, 15) is 9.59 Å². The van der Waals surface area contributed by atoms with Gasteiger partial charge in [-0.1, -0.05) is 49.4 Å². The molecule has 0 radical (unpaired) electrons. The van der Waals surface area contributed by atoms with E-state index in [1.54, 1.807) is 48.5 Å². The first-order chi connectivity index (χ1) is 16.4. The maximum absolute atomic E-state index is 13.0. The summed E-state index contributed by atoms with van der Waals surface area (Å²) in [6.45, 7) is 3.82. The number of allylic oxidation sites excluding steroid dienone is 1. The van der Waals surface area contributed by atoms with Crippen LogP contribution in [0.2, 0.25) is 0 Å². The molecule has 0 bridgehead atoms. The Morgan fingerprint density at radius 3 is 2.56 bits per heavy atom. The molecule has 0 saturated heterocycles. The summed E-state index contributed by atoms with van der Waals surface area (Å²) in [6, 6.07) is 21.5. The first-order valence-corrected chi connectivity index (χ1v) is 11.0. The fraction of sp³-hybridized carbons (Fsp3) is 0.148. The first kappa shape index (κ1) is 22.8. The standard InChI is InChI=1S/C27H26N4O3/c1-17-14-15-24(22-12-7-13-23(28)18(22)2)31-26(25(17)32)29-19-8-6-9-20(16-19)30-27(33)34-21-10-4-3-5-11-21/h3-13,15-17H,14,28H2,1-2H3,(H,29,31)(H,30,33). The molecule has 1 amide bonds. The number of Topliss-reactive ketones (excluding diaryl/α,β-unsaturated/α-hetero) is 1. The summed E-state index contributed by atoms with van der Waals surface area (Å²) in [4.78, 5) is 29.9. The smallest absolute Gasteiger partial charge is 0.410 e. The summed E-state index contributed by atoms with van der Waals surface area (Å²) < 4.78 is 5.27. The van der Waals surface area contributed by atoms with E-state index in [1.807, 2.05) is 44.2 Å². The summed E-state index contributed by atoms with van der Waals surface area (Å²) in [5.41, 5.74) is 10.4. The van der Waals surface area contributed by atoms with Crippen LogP contribution in [0.1, 0.15) is 24.5 Å². The van der Waals surface area contributed by atoms with E-state index in [-0.39, 0.29) is 17.5 Å². The number of aliphatic imine (C=N–C) groups is 1. The number of amidine groups is 1. The zero-order valence-corrected chi connectivity index (χ0v) is 19.0. The quantitative estimate of drug-likeness (QED) is 0.442. The number of hydrogen-bond donors (Lipinski definition) is 3. The van der Waals surface area contributed by atoms with Crippen LogP contribution in [0.5, 0.6) is 5.75 Å². The van der Waals surface area contributed by atoms with Crippen molar-refractivity contribution >= 4 is 40.5 Å². The molecule has 1 heterocycles. The topological polar surface area (TPSA) is 106 Å². The number of para-hydroxylation sites is 1. The third kappa shape index (κ3) is 5.32. The van der Waals surface area contributed by atoms with Crippen LogP contribution in [0.25, 0.3) is 5.70 Å². The molecule has 7 heteroatoms. The molecular formula is C27H26N4O3. The van der Waals surface area contributed by atoms with E-state index >= 15 is 0 Å². The second-order valence-electron chi connectivity index (χ2n) is 8.10.